The van der Waals surface area contributed by atoms with E-state index in [-0.39, 0.29) is 12.1 Å². The van der Waals surface area contributed by atoms with Crippen LogP contribution < -0.4 is 26.7 Å². The molecule has 12 nitrogen and oxygen atoms in total. The van der Waals surface area contributed by atoms with Gasteiger partial charge in [-0.05, 0) is 40.8 Å². The largest absolute Gasteiger partial charge is 0.478 e. The summed E-state index contributed by atoms with van der Waals surface area (Å²) in [5.74, 6) is -2.89. The highest BCUT2D eigenvalue weighted by Crippen LogP contribution is 2.39. The van der Waals surface area contributed by atoms with Gasteiger partial charge in [-0.25, -0.2) is 15.0 Å². The molecular weight excluding hydrogens is 528 g/mol. The lowest BCUT2D eigenvalue weighted by molar-refractivity contribution is -0.131. The molecule has 0 fully saturated rings. The number of anilines is 1. The minimum atomic E-state index is -1.37. The summed E-state index contributed by atoms with van der Waals surface area (Å²) in [5, 5.41) is 19.7. The zero-order valence-corrected chi connectivity index (χ0v) is 21.7. The van der Waals surface area contributed by atoms with Crippen LogP contribution in [0.5, 0.6) is 0 Å². The Labute approximate surface area is 233 Å². The van der Waals surface area contributed by atoms with Crippen LogP contribution >= 0.6 is 0 Å². The Morgan fingerprint density at radius 2 is 1.73 bits per heavy atom. The van der Waals surface area contributed by atoms with E-state index in [0.29, 0.717) is 30.2 Å². The summed E-state index contributed by atoms with van der Waals surface area (Å²) in [4.78, 5) is 64.4. The van der Waals surface area contributed by atoms with Gasteiger partial charge >= 0.3 is 12.0 Å². The number of amides is 5. The summed E-state index contributed by atoms with van der Waals surface area (Å²) in [5.41, 5.74) is 9.35. The molecule has 0 spiro atoms. The first-order valence-corrected chi connectivity index (χ1v) is 12.8. The Morgan fingerprint density at radius 1 is 1.00 bits per heavy atom. The van der Waals surface area contributed by atoms with Crippen molar-refractivity contribution in [1.82, 2.24) is 16.1 Å². The Morgan fingerprint density at radius 3 is 2.51 bits per heavy atom. The molecule has 6 N–H and O–H groups in total. The van der Waals surface area contributed by atoms with Crippen molar-refractivity contribution in [2.24, 2.45) is 10.8 Å². The van der Waals surface area contributed by atoms with Crippen molar-refractivity contribution >= 4 is 52.4 Å². The number of nitrogens with two attached hydrogens (primary N) is 1. The highest BCUT2D eigenvalue weighted by molar-refractivity contribution is 6.12. The van der Waals surface area contributed by atoms with Crippen molar-refractivity contribution in [3.05, 3.63) is 89.1 Å². The molecule has 41 heavy (non-hydrogen) atoms. The number of rotatable bonds is 7. The number of allylic oxidation sites excluding steroid dienone is 1. The molecule has 5 rings (SSSR count). The third-order valence-corrected chi connectivity index (χ3v) is 6.97. The molecule has 2 aliphatic rings. The minimum absolute atomic E-state index is 0.182. The lowest BCUT2D eigenvalue weighted by Gasteiger charge is -2.28. The van der Waals surface area contributed by atoms with E-state index < -0.39 is 41.8 Å². The zero-order valence-electron chi connectivity index (χ0n) is 21.7. The lowest BCUT2D eigenvalue weighted by Crippen LogP contribution is -2.54. The molecule has 0 saturated heterocycles. The molecular formula is C29H26N6O6. The van der Waals surface area contributed by atoms with Gasteiger partial charge in [-0.1, -0.05) is 54.6 Å². The van der Waals surface area contributed by atoms with E-state index in [1.54, 1.807) is 12.1 Å². The number of carboxylic acid groups (broad SMARTS) is 1. The number of benzene rings is 3. The van der Waals surface area contributed by atoms with Crippen LogP contribution in [-0.4, -0.2) is 53.1 Å². The Bertz CT molecular complexity index is 1640. The van der Waals surface area contributed by atoms with Crippen molar-refractivity contribution in [1.29, 1.82) is 0 Å². The first kappa shape index (κ1) is 27.1. The highest BCUT2D eigenvalue weighted by atomic mass is 16.4. The number of carbonyl (C=O) groups is 5. The second-order valence-corrected chi connectivity index (χ2v) is 9.61. The summed E-state index contributed by atoms with van der Waals surface area (Å²) < 4.78 is 0. The molecule has 2 heterocycles. The number of nitrogens with one attached hydrogen (secondary N) is 3. The molecule has 5 amide bonds. The molecule has 3 aromatic carbocycles. The van der Waals surface area contributed by atoms with Crippen LogP contribution in [0.3, 0.4) is 0 Å². The van der Waals surface area contributed by atoms with Gasteiger partial charge in [-0.2, -0.15) is 5.10 Å². The SMILES string of the molecule is NC(=O)N/N=C/C(=C\C(=O)O)NC(=O)[C@@H]1Cc2cccc3c2N1C(=O)C(NC(=O)c1cccc2ccccc12)CC3. The monoisotopic (exact) mass is 554 g/mol. The van der Waals surface area contributed by atoms with E-state index >= 15 is 0 Å². The number of fused-ring (bicyclic) bond motifs is 1. The molecule has 12 heteroatoms. The Hall–Kier alpha value is -5.52. The molecule has 0 bridgehead atoms. The number of urea groups is 1. The molecule has 0 aliphatic carbocycles. The number of hydrazone groups is 1. The molecule has 0 saturated carbocycles. The number of aryl methyl sites for hydroxylation is 1. The number of carboxylic acids is 1. The molecule has 0 aromatic heterocycles. The van der Waals surface area contributed by atoms with Crippen molar-refractivity contribution < 1.29 is 29.1 Å². The quantitative estimate of drug-likeness (QED) is 0.168. The number of hydrogen-bond donors (Lipinski definition) is 5. The van der Waals surface area contributed by atoms with Crippen LogP contribution in [0.15, 0.2) is 77.5 Å². The number of nitrogens with zero attached hydrogens (tertiary/aromatic N) is 2. The molecule has 2 aliphatic heterocycles. The fraction of sp³-hybridized carbons (Fsp3) is 0.172. The van der Waals surface area contributed by atoms with Crippen LogP contribution in [-0.2, 0) is 27.2 Å². The van der Waals surface area contributed by atoms with Gasteiger partial charge in [0.05, 0.1) is 17.6 Å². The molecule has 0 radical (unpaired) electrons. The Kier molecular flexibility index (Phi) is 7.46. The second kappa shape index (κ2) is 11.3. The average Bonchev–Trinajstić information content (AvgIpc) is 3.28. The van der Waals surface area contributed by atoms with Gasteiger partial charge in [0.15, 0.2) is 0 Å². The van der Waals surface area contributed by atoms with Crippen LogP contribution in [0.1, 0.15) is 27.9 Å². The van der Waals surface area contributed by atoms with Gasteiger partial charge < -0.3 is 21.5 Å². The highest BCUT2D eigenvalue weighted by Gasteiger charge is 2.44. The van der Waals surface area contributed by atoms with E-state index in [9.17, 15) is 29.1 Å². The summed E-state index contributed by atoms with van der Waals surface area (Å²) >= 11 is 0. The third-order valence-electron chi connectivity index (χ3n) is 6.97. The van der Waals surface area contributed by atoms with E-state index in [1.165, 1.54) is 4.90 Å². The average molecular weight is 555 g/mol. The number of para-hydroxylation sites is 1. The van der Waals surface area contributed by atoms with Crippen molar-refractivity contribution in [2.45, 2.75) is 31.3 Å². The second-order valence-electron chi connectivity index (χ2n) is 9.61. The van der Waals surface area contributed by atoms with Crippen LogP contribution in [0.4, 0.5) is 10.5 Å². The van der Waals surface area contributed by atoms with E-state index in [0.717, 1.165) is 28.1 Å². The predicted octanol–water partition coefficient (Wildman–Crippen LogP) is 1.58. The fourth-order valence-electron chi connectivity index (χ4n) is 5.26. The standard InChI is InChI=1S/C29H26N6O6/c30-29(41)34-31-15-19(14-24(36)37)32-27(39)23-13-18-8-3-7-17-11-12-22(28(40)35(23)25(17)18)33-26(38)21-10-4-6-16-5-1-2-9-20(16)21/h1-10,14-15,22-23H,11-13H2,(H,32,39)(H,33,38)(H,36,37)(H3,30,34,41)/b19-14+,31-15+/t22?,23-/m0/s1. The van der Waals surface area contributed by atoms with Gasteiger partial charge in [0.1, 0.15) is 12.1 Å². The maximum atomic E-state index is 14.0. The minimum Gasteiger partial charge on any atom is -0.478 e. The molecule has 208 valence electrons. The molecule has 3 aromatic rings. The third kappa shape index (κ3) is 5.62. The first-order valence-electron chi connectivity index (χ1n) is 12.8. The maximum Gasteiger partial charge on any atom is 0.332 e. The van der Waals surface area contributed by atoms with Crippen LogP contribution in [0.2, 0.25) is 0 Å². The number of hydrogen-bond acceptors (Lipinski definition) is 6. The van der Waals surface area contributed by atoms with Gasteiger partial charge in [0.2, 0.25) is 11.8 Å². The lowest BCUT2D eigenvalue weighted by atomic mass is 10.0. The Balaban J connectivity index is 1.42. The molecule has 1 unspecified atom stereocenters. The van der Waals surface area contributed by atoms with Crippen LogP contribution in [0, 0.1) is 0 Å². The number of aliphatic carboxylic acids is 1. The van der Waals surface area contributed by atoms with Gasteiger partial charge in [0, 0.05) is 18.1 Å². The normalized spacial score (nSPS) is 18.1. The zero-order chi connectivity index (χ0) is 29.1. The summed E-state index contributed by atoms with van der Waals surface area (Å²) in [6.07, 6.45) is 2.61. The number of carbonyl (C=O) groups excluding carboxylic acids is 4. The summed E-state index contributed by atoms with van der Waals surface area (Å²) in [7, 11) is 0. The van der Waals surface area contributed by atoms with E-state index in [4.69, 9.17) is 5.73 Å². The van der Waals surface area contributed by atoms with Gasteiger partial charge in [-0.3, -0.25) is 19.3 Å². The van der Waals surface area contributed by atoms with E-state index in [2.05, 4.69) is 15.7 Å². The van der Waals surface area contributed by atoms with Gasteiger partial charge in [-0.15, -0.1) is 0 Å². The first-order chi connectivity index (χ1) is 19.7. The van der Waals surface area contributed by atoms with E-state index in [1.807, 2.05) is 54.0 Å². The molecule has 2 atom stereocenters. The smallest absolute Gasteiger partial charge is 0.332 e. The predicted molar refractivity (Wildman–Crippen MR) is 150 cm³/mol. The van der Waals surface area contributed by atoms with Crippen molar-refractivity contribution in [3.8, 4) is 0 Å². The maximum absolute atomic E-state index is 14.0. The summed E-state index contributed by atoms with van der Waals surface area (Å²) in [6, 6.07) is 15.5. The summed E-state index contributed by atoms with van der Waals surface area (Å²) in [6.45, 7) is 0. The fourth-order valence-corrected chi connectivity index (χ4v) is 5.26. The van der Waals surface area contributed by atoms with Crippen molar-refractivity contribution in [2.75, 3.05) is 4.90 Å². The van der Waals surface area contributed by atoms with Gasteiger partial charge in [0.25, 0.3) is 5.91 Å². The topological polar surface area (TPSA) is 183 Å². The van der Waals surface area contributed by atoms with Crippen molar-refractivity contribution in [3.63, 3.8) is 0 Å². The number of primary amides is 1. The van der Waals surface area contributed by atoms with Crippen LogP contribution in [0.25, 0.3) is 10.8 Å².